The number of hydrogen-bond acceptors (Lipinski definition) is 2. The average molecular weight is 252 g/mol. The van der Waals surface area contributed by atoms with Crippen molar-refractivity contribution in [3.63, 3.8) is 0 Å². The van der Waals surface area contributed by atoms with Crippen LogP contribution in [0.25, 0.3) is 0 Å². The second-order valence-electron chi connectivity index (χ2n) is 4.63. The third-order valence-corrected chi connectivity index (χ3v) is 4.08. The van der Waals surface area contributed by atoms with Crippen molar-refractivity contribution < 1.29 is 4.79 Å². The number of ketones is 1. The monoisotopic (exact) mass is 251 g/mol. The second kappa shape index (κ2) is 5.19. The Bertz CT molecular complexity index is 382. The molecule has 0 aliphatic carbocycles. The molecule has 0 atom stereocenters. The second-order valence-corrected chi connectivity index (χ2v) is 5.11. The summed E-state index contributed by atoms with van der Waals surface area (Å²) >= 11 is 6.00. The van der Waals surface area contributed by atoms with Crippen molar-refractivity contribution in [1.82, 2.24) is 4.42 Å². The van der Waals surface area contributed by atoms with E-state index >= 15 is 0 Å². The number of halogens is 1. The van der Waals surface area contributed by atoms with Crippen molar-refractivity contribution >= 4 is 17.6 Å². The molecule has 2 nitrogen and oxygen atoms in total. The van der Waals surface area contributed by atoms with Crippen LogP contribution in [0.3, 0.4) is 0 Å². The Morgan fingerprint density at radius 1 is 1.29 bits per heavy atom. The summed E-state index contributed by atoms with van der Waals surface area (Å²) in [6, 6.07) is 10.1. The molecule has 0 amide bonds. The Kier molecular flexibility index (Phi) is 3.85. The molecule has 1 aliphatic rings. The van der Waals surface area contributed by atoms with Gasteiger partial charge in [-0.1, -0.05) is 37.3 Å². The maximum absolute atomic E-state index is 12.3. The number of Topliss-reactive ketones (excluding diaryl/α,β-unsaturated/α-hetero) is 1. The van der Waals surface area contributed by atoms with Crippen molar-refractivity contribution in [3.05, 3.63) is 35.9 Å². The number of nitrogens with zero attached hydrogens (tertiary/aromatic N) is 1. The molecule has 0 spiro atoms. The van der Waals surface area contributed by atoms with E-state index in [1.807, 2.05) is 25.1 Å². The fraction of sp³-hybridized carbons (Fsp3) is 0.500. The van der Waals surface area contributed by atoms with Gasteiger partial charge in [-0.2, -0.15) is 0 Å². The summed E-state index contributed by atoms with van der Waals surface area (Å²) in [7, 11) is 0. The molecule has 92 valence electrons. The smallest absolute Gasteiger partial charge is 0.143 e. The number of carbonyl (C=O) groups excluding carboxylic acids is 1. The van der Waals surface area contributed by atoms with E-state index < -0.39 is 0 Å². The molecular formula is C14H18ClNO. The maximum Gasteiger partial charge on any atom is 0.143 e. The van der Waals surface area contributed by atoms with Crippen LogP contribution in [0.5, 0.6) is 0 Å². The van der Waals surface area contributed by atoms with Gasteiger partial charge in [-0.25, -0.2) is 4.42 Å². The standard InChI is InChI=1S/C14H18ClNO/c1-2-13(17)14(8-10-16(15)11-9-14)12-6-4-3-5-7-12/h3-7H,2,8-11H2,1H3. The van der Waals surface area contributed by atoms with Gasteiger partial charge >= 0.3 is 0 Å². The predicted octanol–water partition coefficient (Wildman–Crippen LogP) is 3.15. The van der Waals surface area contributed by atoms with Crippen LogP contribution in [-0.4, -0.2) is 23.3 Å². The Balaban J connectivity index is 2.35. The highest BCUT2D eigenvalue weighted by atomic mass is 35.5. The minimum Gasteiger partial charge on any atom is -0.299 e. The SMILES string of the molecule is CCC(=O)C1(c2ccccc2)CCN(Cl)CC1. The summed E-state index contributed by atoms with van der Waals surface area (Å²) in [6.45, 7) is 3.50. The van der Waals surface area contributed by atoms with Gasteiger partial charge in [0.15, 0.2) is 0 Å². The van der Waals surface area contributed by atoms with Crippen LogP contribution in [-0.2, 0) is 10.2 Å². The third-order valence-electron chi connectivity index (χ3n) is 3.74. The first-order chi connectivity index (χ1) is 8.19. The Morgan fingerprint density at radius 2 is 1.88 bits per heavy atom. The van der Waals surface area contributed by atoms with Gasteiger partial charge in [0.2, 0.25) is 0 Å². The largest absolute Gasteiger partial charge is 0.299 e. The van der Waals surface area contributed by atoms with Crippen molar-refractivity contribution in [1.29, 1.82) is 0 Å². The predicted molar refractivity (Wildman–Crippen MR) is 70.1 cm³/mol. The number of hydrogen-bond donors (Lipinski definition) is 0. The lowest BCUT2D eigenvalue weighted by molar-refractivity contribution is -0.125. The van der Waals surface area contributed by atoms with Crippen LogP contribution in [0.2, 0.25) is 0 Å². The van der Waals surface area contributed by atoms with Crippen LogP contribution in [0.4, 0.5) is 0 Å². The molecule has 1 aromatic rings. The first-order valence-electron chi connectivity index (χ1n) is 6.18. The highest BCUT2D eigenvalue weighted by Gasteiger charge is 2.41. The molecule has 3 heteroatoms. The van der Waals surface area contributed by atoms with Gasteiger partial charge in [0, 0.05) is 19.5 Å². The minimum atomic E-state index is -0.304. The van der Waals surface area contributed by atoms with E-state index in [9.17, 15) is 4.79 Å². The van der Waals surface area contributed by atoms with E-state index in [0.29, 0.717) is 12.2 Å². The van der Waals surface area contributed by atoms with Gasteiger partial charge in [0.25, 0.3) is 0 Å². The van der Waals surface area contributed by atoms with Crippen LogP contribution < -0.4 is 0 Å². The third kappa shape index (κ3) is 2.38. The van der Waals surface area contributed by atoms with Gasteiger partial charge in [-0.15, -0.1) is 0 Å². The lowest BCUT2D eigenvalue weighted by atomic mass is 9.69. The maximum atomic E-state index is 12.3. The molecular weight excluding hydrogens is 234 g/mol. The summed E-state index contributed by atoms with van der Waals surface area (Å²) in [6.07, 6.45) is 2.25. The van der Waals surface area contributed by atoms with Crippen LogP contribution in [0.15, 0.2) is 30.3 Å². The van der Waals surface area contributed by atoms with Crippen molar-refractivity contribution in [2.75, 3.05) is 13.1 Å². The summed E-state index contributed by atoms with van der Waals surface area (Å²) in [5.41, 5.74) is 0.845. The Labute approximate surface area is 108 Å². The number of rotatable bonds is 3. The van der Waals surface area contributed by atoms with Gasteiger partial charge < -0.3 is 0 Å². The first-order valence-corrected chi connectivity index (χ1v) is 6.52. The fourth-order valence-corrected chi connectivity index (χ4v) is 2.85. The molecule has 0 radical (unpaired) electrons. The topological polar surface area (TPSA) is 20.3 Å². The Morgan fingerprint density at radius 3 is 2.41 bits per heavy atom. The zero-order valence-corrected chi connectivity index (χ0v) is 10.9. The summed E-state index contributed by atoms with van der Waals surface area (Å²) < 4.78 is 1.78. The van der Waals surface area contributed by atoms with Gasteiger partial charge in [0.1, 0.15) is 5.78 Å². The number of benzene rings is 1. The van der Waals surface area contributed by atoms with Gasteiger partial charge in [-0.05, 0) is 30.2 Å². The van der Waals surface area contributed by atoms with Crippen LogP contribution >= 0.6 is 11.8 Å². The molecule has 0 unspecified atom stereocenters. The van der Waals surface area contributed by atoms with E-state index in [0.717, 1.165) is 31.5 Å². The highest BCUT2D eigenvalue weighted by Crippen LogP contribution is 2.37. The number of piperidine rings is 1. The lowest BCUT2D eigenvalue weighted by Gasteiger charge is -2.38. The van der Waals surface area contributed by atoms with E-state index in [2.05, 4.69) is 12.1 Å². The Hall–Kier alpha value is -0.860. The molecule has 1 fully saturated rings. The molecule has 1 aliphatic heterocycles. The summed E-state index contributed by atoms with van der Waals surface area (Å²) in [5.74, 6) is 0.341. The summed E-state index contributed by atoms with van der Waals surface area (Å²) in [4.78, 5) is 12.3. The minimum absolute atomic E-state index is 0.304. The quantitative estimate of drug-likeness (QED) is 0.770. The fourth-order valence-electron chi connectivity index (χ4n) is 2.69. The molecule has 1 aromatic carbocycles. The molecule has 2 rings (SSSR count). The molecule has 1 saturated heterocycles. The van der Waals surface area contributed by atoms with Gasteiger partial charge in [0.05, 0.1) is 5.41 Å². The molecule has 0 bridgehead atoms. The molecule has 0 saturated carbocycles. The van der Waals surface area contributed by atoms with Crippen LogP contribution in [0.1, 0.15) is 31.7 Å². The normalized spacial score (nSPS) is 20.1. The zero-order chi connectivity index (χ0) is 12.3. The van der Waals surface area contributed by atoms with Crippen molar-refractivity contribution in [3.8, 4) is 0 Å². The van der Waals surface area contributed by atoms with E-state index in [1.165, 1.54) is 0 Å². The average Bonchev–Trinajstić information content (AvgIpc) is 2.40. The molecule has 0 N–H and O–H groups in total. The van der Waals surface area contributed by atoms with E-state index in [1.54, 1.807) is 4.42 Å². The molecule has 17 heavy (non-hydrogen) atoms. The first kappa shape index (κ1) is 12.6. The van der Waals surface area contributed by atoms with E-state index in [-0.39, 0.29) is 5.41 Å². The highest BCUT2D eigenvalue weighted by molar-refractivity contribution is 6.13. The van der Waals surface area contributed by atoms with Crippen molar-refractivity contribution in [2.45, 2.75) is 31.6 Å². The lowest BCUT2D eigenvalue weighted by Crippen LogP contribution is -2.44. The van der Waals surface area contributed by atoms with Gasteiger partial charge in [-0.3, -0.25) is 4.79 Å². The molecule has 0 aromatic heterocycles. The molecule has 1 heterocycles. The summed E-state index contributed by atoms with van der Waals surface area (Å²) in [5, 5.41) is 0. The zero-order valence-electron chi connectivity index (χ0n) is 10.2. The van der Waals surface area contributed by atoms with Crippen LogP contribution in [0, 0.1) is 0 Å². The van der Waals surface area contributed by atoms with Crippen molar-refractivity contribution in [2.24, 2.45) is 0 Å². The number of carbonyl (C=O) groups is 1. The van der Waals surface area contributed by atoms with E-state index in [4.69, 9.17) is 11.8 Å².